The first kappa shape index (κ1) is 16.3. The van der Waals surface area contributed by atoms with Gasteiger partial charge in [-0.05, 0) is 44.7 Å². The minimum absolute atomic E-state index is 0.0307. The third-order valence-corrected chi connectivity index (χ3v) is 5.45. The molecule has 126 valence electrons. The fourth-order valence-electron chi connectivity index (χ4n) is 4.17. The van der Waals surface area contributed by atoms with Crippen LogP contribution in [0.15, 0.2) is 30.3 Å². The number of hydrogen-bond acceptors (Lipinski definition) is 3. The number of carbonyl (C=O) groups is 1. The lowest BCUT2D eigenvalue weighted by Gasteiger charge is -2.48. The molecule has 0 aromatic heterocycles. The molecule has 1 spiro atoms. The monoisotopic (exact) mass is 316 g/mol. The van der Waals surface area contributed by atoms with Crippen LogP contribution in [-0.4, -0.2) is 48.7 Å². The lowest BCUT2D eigenvalue weighted by molar-refractivity contribution is -0.143. The van der Waals surface area contributed by atoms with Gasteiger partial charge in [-0.15, -0.1) is 0 Å². The van der Waals surface area contributed by atoms with Crippen molar-refractivity contribution in [1.29, 1.82) is 0 Å². The van der Waals surface area contributed by atoms with E-state index in [0.29, 0.717) is 6.04 Å². The van der Waals surface area contributed by atoms with Crippen LogP contribution in [0, 0.1) is 0 Å². The molecule has 1 aromatic rings. The van der Waals surface area contributed by atoms with Crippen molar-refractivity contribution in [3.63, 3.8) is 0 Å². The number of benzene rings is 1. The zero-order valence-corrected chi connectivity index (χ0v) is 14.3. The number of para-hydroxylation sites is 1. The second-order valence-corrected chi connectivity index (χ2v) is 6.81. The Morgan fingerprint density at radius 3 is 2.61 bits per heavy atom. The summed E-state index contributed by atoms with van der Waals surface area (Å²) in [5, 5.41) is 0. The van der Waals surface area contributed by atoms with E-state index in [-0.39, 0.29) is 11.5 Å². The molecule has 0 aliphatic carbocycles. The molecule has 4 heteroatoms. The van der Waals surface area contributed by atoms with Crippen LogP contribution >= 0.6 is 0 Å². The smallest absolute Gasteiger partial charge is 0.219 e. The molecule has 1 aromatic carbocycles. The van der Waals surface area contributed by atoms with Gasteiger partial charge in [0.15, 0.2) is 0 Å². The van der Waals surface area contributed by atoms with E-state index in [1.54, 1.807) is 6.92 Å². The number of piperidine rings is 1. The van der Waals surface area contributed by atoms with Crippen LogP contribution in [0.3, 0.4) is 0 Å². The Labute approximate surface area is 139 Å². The minimum atomic E-state index is -0.0307. The van der Waals surface area contributed by atoms with Crippen molar-refractivity contribution in [2.75, 3.05) is 31.1 Å². The van der Waals surface area contributed by atoms with Gasteiger partial charge in [0.25, 0.3) is 0 Å². The second-order valence-electron chi connectivity index (χ2n) is 6.81. The second kappa shape index (κ2) is 6.91. The maximum Gasteiger partial charge on any atom is 0.219 e. The molecule has 2 aliphatic heterocycles. The van der Waals surface area contributed by atoms with Gasteiger partial charge in [0.05, 0.1) is 5.60 Å². The molecule has 0 bridgehead atoms. The van der Waals surface area contributed by atoms with Gasteiger partial charge in [-0.1, -0.05) is 18.2 Å². The van der Waals surface area contributed by atoms with Gasteiger partial charge in [0, 0.05) is 44.9 Å². The number of hydrogen-bond donors (Lipinski definition) is 0. The molecule has 1 amide bonds. The number of carbonyl (C=O) groups excluding carboxylic acids is 1. The molecule has 1 unspecified atom stereocenters. The summed E-state index contributed by atoms with van der Waals surface area (Å²) in [4.78, 5) is 16.3. The van der Waals surface area contributed by atoms with Crippen LogP contribution < -0.4 is 4.90 Å². The van der Waals surface area contributed by atoms with Crippen molar-refractivity contribution >= 4 is 11.6 Å². The number of anilines is 1. The first-order valence-electron chi connectivity index (χ1n) is 8.85. The summed E-state index contributed by atoms with van der Waals surface area (Å²) in [6.07, 6.45) is 4.06. The standard InChI is InChI=1S/C19H28N2O2/c1-3-21(16(2)22)18-9-14-23-19(15-18)10-12-20(13-11-19)17-7-5-4-6-8-17/h4-8,18H,3,9-15H2,1-2H3. The Hall–Kier alpha value is -1.55. The molecular formula is C19H28N2O2. The zero-order valence-electron chi connectivity index (χ0n) is 14.3. The highest BCUT2D eigenvalue weighted by Crippen LogP contribution is 2.37. The van der Waals surface area contributed by atoms with Crippen LogP contribution in [0.5, 0.6) is 0 Å². The van der Waals surface area contributed by atoms with Crippen LogP contribution in [-0.2, 0) is 9.53 Å². The quantitative estimate of drug-likeness (QED) is 0.859. The maximum atomic E-state index is 11.9. The Kier molecular flexibility index (Phi) is 4.90. The largest absolute Gasteiger partial charge is 0.375 e. The first-order valence-corrected chi connectivity index (χ1v) is 8.85. The molecule has 4 nitrogen and oxygen atoms in total. The first-order chi connectivity index (χ1) is 11.1. The van der Waals surface area contributed by atoms with Gasteiger partial charge in [-0.2, -0.15) is 0 Å². The van der Waals surface area contributed by atoms with E-state index in [0.717, 1.165) is 51.9 Å². The Bertz CT molecular complexity index is 523. The summed E-state index contributed by atoms with van der Waals surface area (Å²) in [5.74, 6) is 0.191. The van der Waals surface area contributed by atoms with Crippen molar-refractivity contribution in [2.45, 2.75) is 51.2 Å². The van der Waals surface area contributed by atoms with E-state index in [1.165, 1.54) is 5.69 Å². The van der Waals surface area contributed by atoms with Gasteiger partial charge >= 0.3 is 0 Å². The SMILES string of the molecule is CCN(C(C)=O)C1CCOC2(CCN(c3ccccc3)CC2)C1. The van der Waals surface area contributed by atoms with Crippen LogP contribution in [0.2, 0.25) is 0 Å². The van der Waals surface area contributed by atoms with E-state index in [2.05, 4.69) is 42.2 Å². The summed E-state index contributed by atoms with van der Waals surface area (Å²) >= 11 is 0. The van der Waals surface area contributed by atoms with E-state index in [1.807, 2.05) is 4.90 Å². The van der Waals surface area contributed by atoms with Crippen LogP contribution in [0.25, 0.3) is 0 Å². The lowest BCUT2D eigenvalue weighted by Crippen LogP contribution is -2.54. The number of nitrogens with zero attached hydrogens (tertiary/aromatic N) is 2. The molecule has 3 rings (SSSR count). The number of rotatable bonds is 3. The van der Waals surface area contributed by atoms with Crippen LogP contribution in [0.4, 0.5) is 5.69 Å². The van der Waals surface area contributed by atoms with E-state index >= 15 is 0 Å². The highest BCUT2D eigenvalue weighted by molar-refractivity contribution is 5.73. The average Bonchev–Trinajstić information content (AvgIpc) is 2.57. The van der Waals surface area contributed by atoms with E-state index in [9.17, 15) is 4.79 Å². The molecule has 0 saturated carbocycles. The topological polar surface area (TPSA) is 32.8 Å². The van der Waals surface area contributed by atoms with Crippen molar-refractivity contribution in [1.82, 2.24) is 4.90 Å². The zero-order chi connectivity index (χ0) is 16.3. The molecule has 1 atom stereocenters. The highest BCUT2D eigenvalue weighted by Gasteiger charge is 2.42. The third-order valence-electron chi connectivity index (χ3n) is 5.45. The Morgan fingerprint density at radius 2 is 2.00 bits per heavy atom. The molecule has 2 saturated heterocycles. The third kappa shape index (κ3) is 3.52. The van der Waals surface area contributed by atoms with Gasteiger partial charge in [0.2, 0.25) is 5.91 Å². The summed E-state index contributed by atoms with van der Waals surface area (Å²) < 4.78 is 6.23. The normalized spacial score (nSPS) is 23.7. The molecule has 2 aliphatic rings. The van der Waals surface area contributed by atoms with Crippen LogP contribution in [0.1, 0.15) is 39.5 Å². The summed E-state index contributed by atoms with van der Waals surface area (Å²) in [6, 6.07) is 11.0. The predicted octanol–water partition coefficient (Wildman–Crippen LogP) is 3.07. The van der Waals surface area contributed by atoms with Gasteiger partial charge < -0.3 is 14.5 Å². The van der Waals surface area contributed by atoms with Gasteiger partial charge in [0.1, 0.15) is 0 Å². The molecule has 0 radical (unpaired) electrons. The molecule has 23 heavy (non-hydrogen) atoms. The molecular weight excluding hydrogens is 288 g/mol. The fraction of sp³-hybridized carbons (Fsp3) is 0.632. The number of ether oxygens (including phenoxy) is 1. The Balaban J connectivity index is 1.64. The molecule has 0 N–H and O–H groups in total. The summed E-state index contributed by atoms with van der Waals surface area (Å²) in [6.45, 7) is 7.39. The van der Waals surface area contributed by atoms with E-state index < -0.39 is 0 Å². The number of amides is 1. The average molecular weight is 316 g/mol. The molecule has 2 fully saturated rings. The minimum Gasteiger partial charge on any atom is -0.375 e. The molecule has 2 heterocycles. The summed E-state index contributed by atoms with van der Waals surface area (Å²) in [7, 11) is 0. The predicted molar refractivity (Wildman–Crippen MR) is 92.7 cm³/mol. The van der Waals surface area contributed by atoms with Crippen molar-refractivity contribution in [3.8, 4) is 0 Å². The fourth-order valence-corrected chi connectivity index (χ4v) is 4.17. The summed E-state index contributed by atoms with van der Waals surface area (Å²) in [5.41, 5.74) is 1.27. The van der Waals surface area contributed by atoms with Crippen molar-refractivity contribution in [2.24, 2.45) is 0 Å². The van der Waals surface area contributed by atoms with Gasteiger partial charge in [-0.25, -0.2) is 0 Å². The van der Waals surface area contributed by atoms with Gasteiger partial charge in [-0.3, -0.25) is 4.79 Å². The Morgan fingerprint density at radius 1 is 1.30 bits per heavy atom. The highest BCUT2D eigenvalue weighted by atomic mass is 16.5. The lowest BCUT2D eigenvalue weighted by atomic mass is 9.81. The maximum absolute atomic E-state index is 11.9. The van der Waals surface area contributed by atoms with E-state index in [4.69, 9.17) is 4.74 Å². The van der Waals surface area contributed by atoms with Crippen molar-refractivity contribution < 1.29 is 9.53 Å². The van der Waals surface area contributed by atoms with Crippen molar-refractivity contribution in [3.05, 3.63) is 30.3 Å².